The Morgan fingerprint density at radius 3 is 3.00 bits per heavy atom. The molecule has 80 valence electrons. The average molecular weight is 211 g/mol. The molecule has 0 fully saturated rings. The molecule has 0 radical (unpaired) electrons. The van der Waals surface area contributed by atoms with Gasteiger partial charge in [-0.1, -0.05) is 24.3 Å². The van der Waals surface area contributed by atoms with Crippen molar-refractivity contribution in [3.8, 4) is 0 Å². The molecule has 2 heterocycles. The van der Waals surface area contributed by atoms with Crippen LogP contribution in [-0.2, 0) is 6.42 Å². The highest BCUT2D eigenvalue weighted by Gasteiger charge is 2.21. The second kappa shape index (κ2) is 4.02. The number of rotatable bonds is 1. The molecule has 0 saturated carbocycles. The Balaban J connectivity index is 2.05. The molecule has 1 N–H and O–H groups in total. The van der Waals surface area contributed by atoms with Gasteiger partial charge in [0, 0.05) is 18.9 Å². The molecule has 0 saturated heterocycles. The number of hydrogen-bond acceptors (Lipinski definition) is 3. The van der Waals surface area contributed by atoms with Crippen LogP contribution in [0.1, 0.15) is 22.9 Å². The lowest BCUT2D eigenvalue weighted by Crippen LogP contribution is -2.31. The maximum atomic E-state index is 4.38. The lowest BCUT2D eigenvalue weighted by atomic mass is 9.93. The third-order valence-electron chi connectivity index (χ3n) is 2.99. The van der Waals surface area contributed by atoms with Crippen molar-refractivity contribution in [2.45, 2.75) is 12.5 Å². The highest BCUT2D eigenvalue weighted by molar-refractivity contribution is 5.36. The van der Waals surface area contributed by atoms with Crippen molar-refractivity contribution in [2.24, 2.45) is 0 Å². The maximum Gasteiger partial charge on any atom is 0.0801 e. The summed E-state index contributed by atoms with van der Waals surface area (Å²) < 4.78 is 0. The van der Waals surface area contributed by atoms with E-state index in [0.717, 1.165) is 18.7 Å². The van der Waals surface area contributed by atoms with Gasteiger partial charge in [-0.25, -0.2) is 0 Å². The minimum atomic E-state index is 0.193. The van der Waals surface area contributed by atoms with Crippen molar-refractivity contribution in [3.63, 3.8) is 0 Å². The Kier molecular flexibility index (Phi) is 2.38. The number of aromatic nitrogens is 2. The highest BCUT2D eigenvalue weighted by atomic mass is 15.0. The van der Waals surface area contributed by atoms with Crippen LogP contribution in [0, 0.1) is 0 Å². The zero-order valence-electron chi connectivity index (χ0n) is 8.93. The first-order valence-corrected chi connectivity index (χ1v) is 5.52. The van der Waals surface area contributed by atoms with Gasteiger partial charge < -0.3 is 5.32 Å². The number of benzene rings is 1. The third kappa shape index (κ3) is 1.59. The van der Waals surface area contributed by atoms with Crippen LogP contribution in [0.4, 0.5) is 0 Å². The molecule has 0 amide bonds. The summed E-state index contributed by atoms with van der Waals surface area (Å²) in [5, 5.41) is 3.49. The van der Waals surface area contributed by atoms with Gasteiger partial charge in [-0.2, -0.15) is 0 Å². The van der Waals surface area contributed by atoms with Crippen LogP contribution in [0.15, 0.2) is 42.9 Å². The first kappa shape index (κ1) is 9.48. The molecule has 1 aromatic heterocycles. The van der Waals surface area contributed by atoms with E-state index in [1.165, 1.54) is 11.1 Å². The summed E-state index contributed by atoms with van der Waals surface area (Å²) in [7, 11) is 0. The van der Waals surface area contributed by atoms with Gasteiger partial charge in [-0.3, -0.25) is 9.97 Å². The summed E-state index contributed by atoms with van der Waals surface area (Å²) in [6, 6.07) is 8.73. The Labute approximate surface area is 94.6 Å². The van der Waals surface area contributed by atoms with Crippen LogP contribution < -0.4 is 5.32 Å². The quantitative estimate of drug-likeness (QED) is 0.780. The Hall–Kier alpha value is -1.74. The second-order valence-corrected chi connectivity index (χ2v) is 3.97. The second-order valence-electron chi connectivity index (χ2n) is 3.97. The summed E-state index contributed by atoms with van der Waals surface area (Å²) in [5.41, 5.74) is 3.74. The molecule has 3 nitrogen and oxygen atoms in total. The van der Waals surface area contributed by atoms with Crippen LogP contribution in [0.5, 0.6) is 0 Å². The van der Waals surface area contributed by atoms with E-state index in [0.29, 0.717) is 0 Å². The third-order valence-corrected chi connectivity index (χ3v) is 2.99. The van der Waals surface area contributed by atoms with E-state index in [-0.39, 0.29) is 6.04 Å². The van der Waals surface area contributed by atoms with E-state index in [4.69, 9.17) is 0 Å². The SMILES string of the molecule is c1ccc2c(c1)CCN[C@@H]2c1cnccn1. The summed E-state index contributed by atoms with van der Waals surface area (Å²) in [6.45, 7) is 0.998. The van der Waals surface area contributed by atoms with Gasteiger partial charge in [0.1, 0.15) is 0 Å². The zero-order valence-corrected chi connectivity index (χ0v) is 8.93. The van der Waals surface area contributed by atoms with Crippen molar-refractivity contribution >= 4 is 0 Å². The van der Waals surface area contributed by atoms with Gasteiger partial charge in [0.25, 0.3) is 0 Å². The van der Waals surface area contributed by atoms with E-state index in [1.54, 1.807) is 12.4 Å². The average Bonchev–Trinajstić information content (AvgIpc) is 2.39. The molecule has 0 bridgehead atoms. The van der Waals surface area contributed by atoms with E-state index in [2.05, 4.69) is 39.6 Å². The molecular formula is C13H13N3. The first-order valence-electron chi connectivity index (χ1n) is 5.52. The highest BCUT2D eigenvalue weighted by Crippen LogP contribution is 2.26. The van der Waals surface area contributed by atoms with Gasteiger partial charge in [-0.05, 0) is 17.5 Å². The minimum Gasteiger partial charge on any atom is -0.305 e. The normalized spacial score (nSPS) is 19.1. The monoisotopic (exact) mass is 211 g/mol. The number of nitrogens with one attached hydrogen (secondary N) is 1. The van der Waals surface area contributed by atoms with Crippen molar-refractivity contribution in [1.29, 1.82) is 0 Å². The standard InChI is InChI=1S/C13H13N3/c1-2-4-11-10(3-1)5-6-16-13(11)12-9-14-7-8-15-12/h1-4,7-9,13,16H,5-6H2/t13-/m0/s1. The van der Waals surface area contributed by atoms with E-state index < -0.39 is 0 Å². The van der Waals surface area contributed by atoms with Crippen molar-refractivity contribution in [1.82, 2.24) is 15.3 Å². The topological polar surface area (TPSA) is 37.8 Å². The van der Waals surface area contributed by atoms with Gasteiger partial charge in [0.15, 0.2) is 0 Å². The summed E-state index contributed by atoms with van der Waals surface area (Å²) in [4.78, 5) is 8.51. The molecule has 3 heteroatoms. The fraction of sp³-hybridized carbons (Fsp3) is 0.231. The van der Waals surface area contributed by atoms with Crippen LogP contribution >= 0.6 is 0 Å². The molecule has 2 aromatic rings. The Morgan fingerprint density at radius 2 is 2.12 bits per heavy atom. The maximum absolute atomic E-state index is 4.38. The molecule has 1 atom stereocenters. The minimum absolute atomic E-state index is 0.193. The molecule has 3 rings (SSSR count). The molecular weight excluding hydrogens is 198 g/mol. The fourth-order valence-electron chi connectivity index (χ4n) is 2.23. The molecule has 16 heavy (non-hydrogen) atoms. The molecule has 1 aliphatic heterocycles. The molecule has 0 unspecified atom stereocenters. The largest absolute Gasteiger partial charge is 0.305 e. The Bertz CT molecular complexity index is 482. The van der Waals surface area contributed by atoms with E-state index in [9.17, 15) is 0 Å². The Morgan fingerprint density at radius 1 is 1.19 bits per heavy atom. The van der Waals surface area contributed by atoms with Crippen molar-refractivity contribution in [3.05, 3.63) is 59.7 Å². The summed E-state index contributed by atoms with van der Waals surface area (Å²) in [5.74, 6) is 0. The van der Waals surface area contributed by atoms with E-state index in [1.807, 2.05) is 6.20 Å². The zero-order chi connectivity index (χ0) is 10.8. The van der Waals surface area contributed by atoms with Crippen LogP contribution in [-0.4, -0.2) is 16.5 Å². The smallest absolute Gasteiger partial charge is 0.0801 e. The number of hydrogen-bond donors (Lipinski definition) is 1. The van der Waals surface area contributed by atoms with Crippen LogP contribution in [0.3, 0.4) is 0 Å². The summed E-state index contributed by atoms with van der Waals surface area (Å²) in [6.07, 6.45) is 6.37. The fourth-order valence-corrected chi connectivity index (χ4v) is 2.23. The van der Waals surface area contributed by atoms with Gasteiger partial charge in [0.2, 0.25) is 0 Å². The molecule has 0 aliphatic carbocycles. The van der Waals surface area contributed by atoms with Gasteiger partial charge in [0.05, 0.1) is 17.9 Å². The van der Waals surface area contributed by atoms with E-state index >= 15 is 0 Å². The number of nitrogens with zero attached hydrogens (tertiary/aromatic N) is 2. The number of fused-ring (bicyclic) bond motifs is 1. The van der Waals surface area contributed by atoms with Crippen molar-refractivity contribution < 1.29 is 0 Å². The predicted molar refractivity (Wildman–Crippen MR) is 62.0 cm³/mol. The van der Waals surface area contributed by atoms with Gasteiger partial charge >= 0.3 is 0 Å². The van der Waals surface area contributed by atoms with Crippen molar-refractivity contribution in [2.75, 3.05) is 6.54 Å². The van der Waals surface area contributed by atoms with Crippen LogP contribution in [0.2, 0.25) is 0 Å². The molecule has 0 spiro atoms. The lowest BCUT2D eigenvalue weighted by molar-refractivity contribution is 0.555. The van der Waals surface area contributed by atoms with Gasteiger partial charge in [-0.15, -0.1) is 0 Å². The molecule has 1 aliphatic rings. The molecule has 1 aromatic carbocycles. The summed E-state index contributed by atoms with van der Waals surface area (Å²) >= 11 is 0. The predicted octanol–water partition coefficient (Wildman–Crippen LogP) is 1.71. The van der Waals surface area contributed by atoms with Crippen LogP contribution in [0.25, 0.3) is 0 Å². The first-order chi connectivity index (χ1) is 7.95. The lowest BCUT2D eigenvalue weighted by Gasteiger charge is -2.26.